The maximum atomic E-state index is 11.9. The minimum absolute atomic E-state index is 0.186. The molecule has 2 N–H and O–H groups in total. The number of amides is 1. The Labute approximate surface area is 118 Å². The van der Waals surface area contributed by atoms with Gasteiger partial charge in [-0.1, -0.05) is 20.3 Å². The van der Waals surface area contributed by atoms with Gasteiger partial charge >= 0.3 is 0 Å². The van der Waals surface area contributed by atoms with Gasteiger partial charge in [0, 0.05) is 13.1 Å². The minimum atomic E-state index is 0.186. The molecule has 0 bridgehead atoms. The number of carbonyl (C=O) groups is 1. The molecule has 0 spiro atoms. The molecule has 112 valence electrons. The first kappa shape index (κ1) is 16.4. The topological polar surface area (TPSA) is 44.4 Å². The van der Waals surface area contributed by atoms with Crippen LogP contribution < -0.4 is 10.6 Å². The Bertz CT molecular complexity index is 240. The van der Waals surface area contributed by atoms with Crippen molar-refractivity contribution in [3.05, 3.63) is 0 Å². The first-order chi connectivity index (χ1) is 9.26. The van der Waals surface area contributed by atoms with Crippen molar-refractivity contribution in [3.63, 3.8) is 0 Å². The third kappa shape index (κ3) is 7.53. The summed E-state index contributed by atoms with van der Waals surface area (Å²) in [4.78, 5) is 14.2. The summed E-state index contributed by atoms with van der Waals surface area (Å²) in [6, 6.07) is 0. The predicted octanol–water partition coefficient (Wildman–Crippen LogP) is 1.61. The van der Waals surface area contributed by atoms with Gasteiger partial charge in [0.05, 0.1) is 6.54 Å². The molecular weight excluding hydrogens is 238 g/mol. The molecule has 1 heterocycles. The molecule has 19 heavy (non-hydrogen) atoms. The zero-order valence-electron chi connectivity index (χ0n) is 12.7. The van der Waals surface area contributed by atoms with E-state index in [1.165, 1.54) is 12.8 Å². The molecule has 1 amide bonds. The first-order valence-corrected chi connectivity index (χ1v) is 7.96. The van der Waals surface area contributed by atoms with Crippen molar-refractivity contribution < 1.29 is 4.79 Å². The molecule has 0 aromatic heterocycles. The molecule has 1 aliphatic rings. The van der Waals surface area contributed by atoms with Crippen LogP contribution in [-0.2, 0) is 4.79 Å². The van der Waals surface area contributed by atoms with Gasteiger partial charge in [0.1, 0.15) is 0 Å². The van der Waals surface area contributed by atoms with E-state index < -0.39 is 0 Å². The van der Waals surface area contributed by atoms with E-state index in [0.717, 1.165) is 52.0 Å². The number of piperidine rings is 1. The van der Waals surface area contributed by atoms with Gasteiger partial charge in [0.15, 0.2) is 0 Å². The number of nitrogens with zero attached hydrogens (tertiary/aromatic N) is 1. The van der Waals surface area contributed by atoms with Crippen LogP contribution in [0.15, 0.2) is 0 Å². The van der Waals surface area contributed by atoms with Crippen molar-refractivity contribution in [3.8, 4) is 0 Å². The number of carbonyl (C=O) groups excluding carboxylic acids is 1. The number of hydrogen-bond donors (Lipinski definition) is 2. The van der Waals surface area contributed by atoms with Crippen LogP contribution in [0.1, 0.15) is 46.0 Å². The Morgan fingerprint density at radius 1 is 1.37 bits per heavy atom. The van der Waals surface area contributed by atoms with Crippen LogP contribution in [0.2, 0.25) is 0 Å². The van der Waals surface area contributed by atoms with Crippen LogP contribution in [-0.4, -0.2) is 50.1 Å². The van der Waals surface area contributed by atoms with Gasteiger partial charge in [-0.05, 0) is 51.2 Å². The third-order valence-electron chi connectivity index (χ3n) is 3.67. The Balaban J connectivity index is 2.27. The maximum absolute atomic E-state index is 11.9. The number of hydrogen-bond acceptors (Lipinski definition) is 3. The smallest absolute Gasteiger partial charge is 0.234 e. The van der Waals surface area contributed by atoms with E-state index in [2.05, 4.69) is 29.4 Å². The normalized spacial score (nSPS) is 19.6. The molecule has 4 nitrogen and oxygen atoms in total. The summed E-state index contributed by atoms with van der Waals surface area (Å²) < 4.78 is 0. The Hall–Kier alpha value is -0.610. The van der Waals surface area contributed by atoms with Crippen LogP contribution in [0.25, 0.3) is 0 Å². The Morgan fingerprint density at radius 2 is 2.21 bits per heavy atom. The molecule has 0 aliphatic carbocycles. The van der Waals surface area contributed by atoms with Crippen molar-refractivity contribution in [2.75, 3.05) is 39.3 Å². The van der Waals surface area contributed by atoms with E-state index in [-0.39, 0.29) is 5.91 Å². The zero-order valence-corrected chi connectivity index (χ0v) is 12.7. The monoisotopic (exact) mass is 269 g/mol. The highest BCUT2D eigenvalue weighted by Crippen LogP contribution is 2.11. The molecule has 1 aliphatic heterocycles. The SMILES string of the molecule is CCCCNC(=O)CN(CCC)CC1CCCNC1. The van der Waals surface area contributed by atoms with E-state index >= 15 is 0 Å². The minimum Gasteiger partial charge on any atom is -0.355 e. The molecule has 1 fully saturated rings. The van der Waals surface area contributed by atoms with E-state index in [4.69, 9.17) is 0 Å². The third-order valence-corrected chi connectivity index (χ3v) is 3.67. The molecule has 0 aromatic rings. The molecule has 1 unspecified atom stereocenters. The quantitative estimate of drug-likeness (QED) is 0.625. The van der Waals surface area contributed by atoms with Gasteiger partial charge in [0.25, 0.3) is 0 Å². The van der Waals surface area contributed by atoms with Crippen LogP contribution in [0.3, 0.4) is 0 Å². The van der Waals surface area contributed by atoms with Crippen LogP contribution in [0.4, 0.5) is 0 Å². The van der Waals surface area contributed by atoms with E-state index in [1.54, 1.807) is 0 Å². The summed E-state index contributed by atoms with van der Waals surface area (Å²) in [6.07, 6.45) is 5.89. The molecule has 0 aromatic carbocycles. The van der Waals surface area contributed by atoms with Crippen LogP contribution in [0.5, 0.6) is 0 Å². The summed E-state index contributed by atoms with van der Waals surface area (Å²) in [5.74, 6) is 0.898. The Morgan fingerprint density at radius 3 is 2.84 bits per heavy atom. The summed E-state index contributed by atoms with van der Waals surface area (Å²) in [6.45, 7) is 10.1. The second-order valence-corrected chi connectivity index (χ2v) is 5.65. The van der Waals surface area contributed by atoms with Gasteiger partial charge in [-0.15, -0.1) is 0 Å². The summed E-state index contributed by atoms with van der Waals surface area (Å²) >= 11 is 0. The van der Waals surface area contributed by atoms with Crippen molar-refractivity contribution in [2.24, 2.45) is 5.92 Å². The van der Waals surface area contributed by atoms with Crippen molar-refractivity contribution >= 4 is 5.91 Å². The van der Waals surface area contributed by atoms with Gasteiger partial charge in [-0.25, -0.2) is 0 Å². The largest absolute Gasteiger partial charge is 0.355 e. The summed E-state index contributed by atoms with van der Waals surface area (Å²) in [5, 5.41) is 6.46. The average Bonchev–Trinajstić information content (AvgIpc) is 2.40. The van der Waals surface area contributed by atoms with Crippen molar-refractivity contribution in [1.29, 1.82) is 0 Å². The molecule has 1 rings (SSSR count). The summed E-state index contributed by atoms with van der Waals surface area (Å²) in [5.41, 5.74) is 0. The van der Waals surface area contributed by atoms with Crippen molar-refractivity contribution in [1.82, 2.24) is 15.5 Å². The molecule has 0 saturated carbocycles. The van der Waals surface area contributed by atoms with E-state index in [1.807, 2.05) is 0 Å². The fourth-order valence-corrected chi connectivity index (χ4v) is 2.66. The lowest BCUT2D eigenvalue weighted by atomic mass is 9.99. The van der Waals surface area contributed by atoms with Crippen molar-refractivity contribution in [2.45, 2.75) is 46.0 Å². The maximum Gasteiger partial charge on any atom is 0.234 e. The average molecular weight is 269 g/mol. The van der Waals surface area contributed by atoms with E-state index in [9.17, 15) is 4.79 Å². The van der Waals surface area contributed by atoms with Gasteiger partial charge < -0.3 is 10.6 Å². The number of unbranched alkanes of at least 4 members (excludes halogenated alkanes) is 1. The zero-order chi connectivity index (χ0) is 13.9. The fourth-order valence-electron chi connectivity index (χ4n) is 2.66. The van der Waals surface area contributed by atoms with Gasteiger partial charge in [-0.3, -0.25) is 9.69 Å². The van der Waals surface area contributed by atoms with Gasteiger partial charge in [0.2, 0.25) is 5.91 Å². The highest BCUT2D eigenvalue weighted by molar-refractivity contribution is 5.77. The lowest BCUT2D eigenvalue weighted by molar-refractivity contribution is -0.122. The lowest BCUT2D eigenvalue weighted by Gasteiger charge is -2.29. The first-order valence-electron chi connectivity index (χ1n) is 7.96. The standard InChI is InChI=1S/C15H31N3O/c1-3-5-9-17-15(19)13-18(10-4-2)12-14-7-6-8-16-11-14/h14,16H,3-13H2,1-2H3,(H,17,19). The molecule has 0 radical (unpaired) electrons. The highest BCUT2D eigenvalue weighted by atomic mass is 16.2. The van der Waals surface area contributed by atoms with Crippen LogP contribution in [0, 0.1) is 5.92 Å². The fraction of sp³-hybridized carbons (Fsp3) is 0.933. The molecule has 1 saturated heterocycles. The molecule has 4 heteroatoms. The molecular formula is C15H31N3O. The molecule has 1 atom stereocenters. The predicted molar refractivity (Wildman–Crippen MR) is 80.2 cm³/mol. The van der Waals surface area contributed by atoms with Crippen LogP contribution >= 0.6 is 0 Å². The number of nitrogens with one attached hydrogen (secondary N) is 2. The second-order valence-electron chi connectivity index (χ2n) is 5.65. The van der Waals surface area contributed by atoms with E-state index in [0.29, 0.717) is 12.5 Å². The number of rotatable bonds is 9. The Kier molecular flexibility index (Phi) is 8.84. The lowest BCUT2D eigenvalue weighted by Crippen LogP contribution is -2.43. The second kappa shape index (κ2) is 10.2. The van der Waals surface area contributed by atoms with Gasteiger partial charge in [-0.2, -0.15) is 0 Å². The highest BCUT2D eigenvalue weighted by Gasteiger charge is 2.18. The summed E-state index contributed by atoms with van der Waals surface area (Å²) in [7, 11) is 0.